The number of rotatable bonds is 5. The van der Waals surface area contributed by atoms with Gasteiger partial charge in [0, 0.05) is 10.2 Å². The molecule has 0 unspecified atom stereocenters. The molecule has 116 valence electrons. The van der Waals surface area contributed by atoms with Crippen molar-refractivity contribution in [1.82, 2.24) is 10.6 Å². The van der Waals surface area contributed by atoms with Gasteiger partial charge in [-0.25, -0.2) is 4.79 Å². The predicted octanol–water partition coefficient (Wildman–Crippen LogP) is 2.79. The van der Waals surface area contributed by atoms with Crippen LogP contribution < -0.4 is 16.0 Å². The zero-order valence-electron chi connectivity index (χ0n) is 12.0. The largest absolute Gasteiger partial charge is 0.467 e. The Kier molecular flexibility index (Phi) is 5.60. The summed E-state index contributed by atoms with van der Waals surface area (Å²) in [7, 11) is 0. The second-order valence-corrected chi connectivity index (χ2v) is 5.54. The number of aryl methyl sites for hydroxylation is 1. The number of urea groups is 1. The minimum absolute atomic E-state index is 0.112. The molecule has 0 atom stereocenters. The summed E-state index contributed by atoms with van der Waals surface area (Å²) in [5.74, 6) is 0.361. The van der Waals surface area contributed by atoms with Crippen molar-refractivity contribution in [2.24, 2.45) is 0 Å². The van der Waals surface area contributed by atoms with E-state index in [1.165, 1.54) is 6.26 Å². The Morgan fingerprint density at radius 1 is 1.23 bits per heavy atom. The second kappa shape index (κ2) is 7.65. The van der Waals surface area contributed by atoms with Gasteiger partial charge in [0.2, 0.25) is 5.91 Å². The molecular weight excluding hydrogens is 350 g/mol. The van der Waals surface area contributed by atoms with Gasteiger partial charge in [0.1, 0.15) is 5.76 Å². The molecule has 2 aromatic rings. The van der Waals surface area contributed by atoms with E-state index < -0.39 is 6.03 Å². The molecule has 0 bridgehead atoms. The Labute approximate surface area is 136 Å². The Hall–Kier alpha value is -2.28. The third-order valence-corrected chi connectivity index (χ3v) is 3.39. The van der Waals surface area contributed by atoms with Gasteiger partial charge in [0.25, 0.3) is 0 Å². The first-order valence-electron chi connectivity index (χ1n) is 6.64. The van der Waals surface area contributed by atoms with Crippen LogP contribution in [0.25, 0.3) is 0 Å². The van der Waals surface area contributed by atoms with Gasteiger partial charge >= 0.3 is 6.03 Å². The third-order valence-electron chi connectivity index (χ3n) is 2.90. The molecule has 6 nitrogen and oxygen atoms in total. The van der Waals surface area contributed by atoms with Gasteiger partial charge in [-0.15, -0.1) is 0 Å². The number of hydrogen-bond donors (Lipinski definition) is 3. The van der Waals surface area contributed by atoms with Crippen molar-refractivity contribution in [1.29, 1.82) is 0 Å². The summed E-state index contributed by atoms with van der Waals surface area (Å²) in [5.41, 5.74) is 1.61. The van der Waals surface area contributed by atoms with Crippen molar-refractivity contribution in [2.75, 3.05) is 11.9 Å². The average Bonchev–Trinajstić information content (AvgIpc) is 3.00. The average molecular weight is 366 g/mol. The lowest BCUT2D eigenvalue weighted by molar-refractivity contribution is -0.120. The van der Waals surface area contributed by atoms with Gasteiger partial charge in [0.05, 0.1) is 19.4 Å². The first-order chi connectivity index (χ1) is 10.5. The third kappa shape index (κ3) is 4.92. The van der Waals surface area contributed by atoms with Crippen LogP contribution in [0.1, 0.15) is 11.3 Å². The number of halogens is 1. The molecule has 0 aliphatic heterocycles. The highest BCUT2D eigenvalue weighted by Crippen LogP contribution is 2.20. The Bertz CT molecular complexity index is 656. The SMILES string of the molecule is Cc1ccc(Br)cc1NC(=O)NCC(=O)NCc1ccco1. The summed E-state index contributed by atoms with van der Waals surface area (Å²) < 4.78 is 5.96. The highest BCUT2D eigenvalue weighted by atomic mass is 79.9. The molecule has 1 aromatic heterocycles. The smallest absolute Gasteiger partial charge is 0.319 e. The lowest BCUT2D eigenvalue weighted by Crippen LogP contribution is -2.38. The maximum Gasteiger partial charge on any atom is 0.319 e. The minimum Gasteiger partial charge on any atom is -0.467 e. The van der Waals surface area contributed by atoms with Crippen molar-refractivity contribution in [3.8, 4) is 0 Å². The van der Waals surface area contributed by atoms with Crippen LogP contribution in [0.5, 0.6) is 0 Å². The summed E-state index contributed by atoms with van der Waals surface area (Å²) in [6.45, 7) is 2.07. The van der Waals surface area contributed by atoms with E-state index in [9.17, 15) is 9.59 Å². The molecule has 0 spiro atoms. The molecular formula is C15H16BrN3O3. The molecule has 0 radical (unpaired) electrons. The number of nitrogens with one attached hydrogen (secondary N) is 3. The van der Waals surface area contributed by atoms with Gasteiger partial charge in [0.15, 0.2) is 0 Å². The van der Waals surface area contributed by atoms with Crippen LogP contribution >= 0.6 is 15.9 Å². The summed E-state index contributed by atoms with van der Waals surface area (Å²) in [6, 6.07) is 8.64. The van der Waals surface area contributed by atoms with Crippen molar-refractivity contribution < 1.29 is 14.0 Å². The van der Waals surface area contributed by atoms with E-state index in [4.69, 9.17) is 4.42 Å². The molecule has 7 heteroatoms. The number of furan rings is 1. The van der Waals surface area contributed by atoms with Crippen LogP contribution in [0.4, 0.5) is 10.5 Å². The van der Waals surface area contributed by atoms with E-state index in [1.54, 1.807) is 18.2 Å². The van der Waals surface area contributed by atoms with Crippen molar-refractivity contribution in [3.05, 3.63) is 52.4 Å². The molecule has 22 heavy (non-hydrogen) atoms. The summed E-state index contributed by atoms with van der Waals surface area (Å²) in [6.07, 6.45) is 1.54. The number of anilines is 1. The van der Waals surface area contributed by atoms with Gasteiger partial charge < -0.3 is 20.4 Å². The van der Waals surface area contributed by atoms with Crippen molar-refractivity contribution in [3.63, 3.8) is 0 Å². The van der Waals surface area contributed by atoms with E-state index in [2.05, 4.69) is 31.9 Å². The topological polar surface area (TPSA) is 83.4 Å². The molecule has 1 heterocycles. The van der Waals surface area contributed by atoms with Crippen LogP contribution in [0.15, 0.2) is 45.5 Å². The Balaban J connectivity index is 1.75. The normalized spacial score (nSPS) is 10.1. The number of amides is 3. The fourth-order valence-corrected chi connectivity index (χ4v) is 2.08. The maximum absolute atomic E-state index is 11.8. The van der Waals surface area contributed by atoms with Crippen LogP contribution in [-0.4, -0.2) is 18.5 Å². The lowest BCUT2D eigenvalue weighted by Gasteiger charge is -2.10. The summed E-state index contributed by atoms with van der Waals surface area (Å²) in [5, 5.41) is 7.84. The summed E-state index contributed by atoms with van der Waals surface area (Å²) >= 11 is 3.34. The molecule has 1 aromatic carbocycles. The molecule has 0 saturated heterocycles. The number of carbonyl (C=O) groups excluding carboxylic acids is 2. The first-order valence-corrected chi connectivity index (χ1v) is 7.44. The molecule has 0 saturated carbocycles. The zero-order valence-corrected chi connectivity index (χ0v) is 13.6. The highest BCUT2D eigenvalue weighted by molar-refractivity contribution is 9.10. The first kappa shape index (κ1) is 16.1. The summed E-state index contributed by atoms with van der Waals surface area (Å²) in [4.78, 5) is 23.4. The van der Waals surface area contributed by atoms with Gasteiger partial charge in [-0.2, -0.15) is 0 Å². The van der Waals surface area contributed by atoms with Crippen molar-refractivity contribution in [2.45, 2.75) is 13.5 Å². The molecule has 2 rings (SSSR count). The number of benzene rings is 1. The van der Waals surface area contributed by atoms with Gasteiger partial charge in [-0.3, -0.25) is 4.79 Å². The number of carbonyl (C=O) groups is 2. The van der Waals surface area contributed by atoms with Crippen molar-refractivity contribution >= 4 is 33.6 Å². The molecule has 3 N–H and O–H groups in total. The van der Waals surface area contributed by atoms with Gasteiger partial charge in [-0.1, -0.05) is 22.0 Å². The van der Waals surface area contributed by atoms with Crippen LogP contribution in [0.2, 0.25) is 0 Å². The predicted molar refractivity (Wildman–Crippen MR) is 86.5 cm³/mol. The fraction of sp³-hybridized carbons (Fsp3) is 0.200. The molecule has 0 aliphatic carbocycles. The standard InChI is InChI=1S/C15H16BrN3O3/c1-10-4-5-11(16)7-13(10)19-15(21)18-9-14(20)17-8-12-3-2-6-22-12/h2-7H,8-9H2,1H3,(H,17,20)(H2,18,19,21). The highest BCUT2D eigenvalue weighted by Gasteiger charge is 2.08. The van der Waals surface area contributed by atoms with E-state index in [-0.39, 0.29) is 12.5 Å². The van der Waals surface area contributed by atoms with Crippen LogP contribution in [0.3, 0.4) is 0 Å². The second-order valence-electron chi connectivity index (χ2n) is 4.62. The van der Waals surface area contributed by atoms with E-state index in [1.807, 2.05) is 19.1 Å². The van der Waals surface area contributed by atoms with E-state index in [0.717, 1.165) is 10.0 Å². The Morgan fingerprint density at radius 3 is 2.77 bits per heavy atom. The number of hydrogen-bond acceptors (Lipinski definition) is 3. The van der Waals surface area contributed by atoms with Crippen LogP contribution in [-0.2, 0) is 11.3 Å². The zero-order chi connectivity index (χ0) is 15.9. The Morgan fingerprint density at radius 2 is 2.05 bits per heavy atom. The monoisotopic (exact) mass is 365 g/mol. The maximum atomic E-state index is 11.8. The van der Waals surface area contributed by atoms with E-state index >= 15 is 0 Å². The van der Waals surface area contributed by atoms with E-state index in [0.29, 0.717) is 18.0 Å². The quantitative estimate of drug-likeness (QED) is 0.761. The molecule has 3 amide bonds. The molecule has 0 aliphatic rings. The fourth-order valence-electron chi connectivity index (χ4n) is 1.72. The van der Waals surface area contributed by atoms with Crippen LogP contribution in [0, 0.1) is 6.92 Å². The van der Waals surface area contributed by atoms with Gasteiger partial charge in [-0.05, 0) is 36.8 Å². The molecule has 0 fully saturated rings. The minimum atomic E-state index is -0.436. The lowest BCUT2D eigenvalue weighted by atomic mass is 10.2.